The number of hydrogen-bond acceptors (Lipinski definition) is 2. The summed E-state index contributed by atoms with van der Waals surface area (Å²) in [6, 6.07) is 31.5. The van der Waals surface area contributed by atoms with Gasteiger partial charge in [0.1, 0.15) is 11.5 Å². The topological polar surface area (TPSA) is 12.5 Å². The Labute approximate surface area is 230 Å². The van der Waals surface area contributed by atoms with E-state index in [9.17, 15) is 0 Å². The van der Waals surface area contributed by atoms with Crippen LogP contribution in [0.15, 0.2) is 94.7 Å². The smallest absolute Gasteiger partial charge is 0.335 e. The SMILES string of the molecule is CCCCc1cccc2c1N(B1c3ccccc3Oc3ccccc31)c1c(CCCC)cccc1S2(C)C. The molecule has 2 aliphatic heterocycles. The summed E-state index contributed by atoms with van der Waals surface area (Å²) in [7, 11) is -1.20. The molecular formula is C34H38BNOS. The number of hydrogen-bond donors (Lipinski definition) is 0. The second-order valence-corrected chi connectivity index (χ2v) is 14.5. The standard InChI is InChI=1S/C34H38BNOS/c1-5-7-15-25-17-13-23-31-33(25)36(34-26(16-8-6-2)18-14-24-32(34)38(31,3)4)35-27-19-9-11-21-29(27)37-30-22-12-10-20-28(30)35/h9-14,17-24H,5-8,15-16H2,1-4H3. The highest BCUT2D eigenvalue weighted by Crippen LogP contribution is 2.67. The first-order valence-corrected chi connectivity index (χ1v) is 16.6. The van der Waals surface area contributed by atoms with E-state index >= 15 is 0 Å². The first-order chi connectivity index (χ1) is 18.6. The highest BCUT2D eigenvalue weighted by molar-refractivity contribution is 8.33. The van der Waals surface area contributed by atoms with Crippen LogP contribution in [-0.2, 0) is 12.8 Å². The van der Waals surface area contributed by atoms with Crippen LogP contribution in [0.3, 0.4) is 0 Å². The molecule has 2 aliphatic rings. The van der Waals surface area contributed by atoms with Crippen LogP contribution in [0.2, 0.25) is 0 Å². The van der Waals surface area contributed by atoms with Crippen molar-refractivity contribution < 1.29 is 4.74 Å². The number of aryl methyl sites for hydroxylation is 2. The maximum Gasteiger partial charge on any atom is 0.335 e. The van der Waals surface area contributed by atoms with Crippen LogP contribution < -0.4 is 20.5 Å². The van der Waals surface area contributed by atoms with E-state index in [2.05, 4.69) is 116 Å². The van der Waals surface area contributed by atoms with Crippen molar-refractivity contribution in [2.45, 2.75) is 62.2 Å². The monoisotopic (exact) mass is 519 g/mol. The number of fused-ring (bicyclic) bond motifs is 4. The highest BCUT2D eigenvalue weighted by atomic mass is 32.3. The van der Waals surface area contributed by atoms with Crippen LogP contribution in [0.4, 0.5) is 11.4 Å². The Morgan fingerprint density at radius 3 is 1.58 bits per heavy atom. The van der Waals surface area contributed by atoms with Crippen molar-refractivity contribution in [1.82, 2.24) is 0 Å². The molecule has 0 radical (unpaired) electrons. The number of rotatable bonds is 7. The van der Waals surface area contributed by atoms with Crippen LogP contribution in [-0.4, -0.2) is 19.4 Å². The Kier molecular flexibility index (Phi) is 6.78. The number of ether oxygens (including phenoxy) is 1. The van der Waals surface area contributed by atoms with Gasteiger partial charge in [-0.1, -0.05) is 87.4 Å². The zero-order chi connectivity index (χ0) is 26.3. The second kappa shape index (κ2) is 10.2. The Morgan fingerprint density at radius 1 is 0.632 bits per heavy atom. The molecule has 0 aromatic heterocycles. The van der Waals surface area contributed by atoms with Crippen LogP contribution in [0.5, 0.6) is 11.5 Å². The van der Waals surface area contributed by atoms with Gasteiger partial charge in [0.25, 0.3) is 0 Å². The largest absolute Gasteiger partial charge is 0.458 e. The lowest BCUT2D eigenvalue weighted by molar-refractivity contribution is 0.487. The lowest BCUT2D eigenvalue weighted by Crippen LogP contribution is -2.58. The molecule has 0 atom stereocenters. The molecule has 0 unspecified atom stereocenters. The summed E-state index contributed by atoms with van der Waals surface area (Å²) >= 11 is 0. The van der Waals surface area contributed by atoms with Gasteiger partial charge < -0.3 is 9.55 Å². The minimum atomic E-state index is -1.20. The first-order valence-electron chi connectivity index (χ1n) is 14.2. The van der Waals surface area contributed by atoms with Crippen molar-refractivity contribution in [3.8, 4) is 11.5 Å². The molecule has 0 N–H and O–H groups in total. The molecule has 2 heterocycles. The predicted octanol–water partition coefficient (Wildman–Crippen LogP) is 8.22. The lowest BCUT2D eigenvalue weighted by atomic mass is 9.47. The van der Waals surface area contributed by atoms with Crippen LogP contribution in [0.25, 0.3) is 0 Å². The number of unbranched alkanes of at least 4 members (excludes halogenated alkanes) is 2. The Balaban J connectivity index is 1.70. The van der Waals surface area contributed by atoms with Gasteiger partial charge in [0.15, 0.2) is 0 Å². The average molecular weight is 520 g/mol. The van der Waals surface area contributed by atoms with E-state index in [-0.39, 0.29) is 6.85 Å². The summed E-state index contributed by atoms with van der Waals surface area (Å²) in [5, 5.41) is 0. The van der Waals surface area contributed by atoms with Gasteiger partial charge in [0, 0.05) is 21.2 Å². The lowest BCUT2D eigenvalue weighted by Gasteiger charge is -2.49. The molecule has 0 saturated carbocycles. The van der Waals surface area contributed by atoms with E-state index in [1.54, 1.807) is 0 Å². The predicted molar refractivity (Wildman–Crippen MR) is 166 cm³/mol. The van der Waals surface area contributed by atoms with Gasteiger partial charge in [-0.15, -0.1) is 0 Å². The third-order valence-corrected chi connectivity index (χ3v) is 11.1. The summed E-state index contributed by atoms with van der Waals surface area (Å²) in [5.74, 6) is 1.93. The molecule has 0 spiro atoms. The Hall–Kier alpha value is -3.11. The first kappa shape index (κ1) is 25.2. The Morgan fingerprint density at radius 2 is 1.11 bits per heavy atom. The third-order valence-electron chi connectivity index (χ3n) is 8.25. The van der Waals surface area contributed by atoms with E-state index in [4.69, 9.17) is 4.74 Å². The van der Waals surface area contributed by atoms with Crippen molar-refractivity contribution in [3.63, 3.8) is 0 Å². The van der Waals surface area contributed by atoms with Crippen molar-refractivity contribution in [2.75, 3.05) is 17.3 Å². The maximum absolute atomic E-state index is 6.48. The quantitative estimate of drug-likeness (QED) is 0.228. The van der Waals surface area contributed by atoms with Crippen molar-refractivity contribution in [1.29, 1.82) is 0 Å². The van der Waals surface area contributed by atoms with Crippen LogP contribution >= 0.6 is 10.0 Å². The number of benzene rings is 4. The van der Waals surface area contributed by atoms with Gasteiger partial charge in [0.05, 0.1) is 0 Å². The third kappa shape index (κ3) is 4.05. The maximum atomic E-state index is 6.48. The van der Waals surface area contributed by atoms with Gasteiger partial charge in [-0.25, -0.2) is 0 Å². The van der Waals surface area contributed by atoms with Gasteiger partial charge in [0.2, 0.25) is 0 Å². The molecule has 0 saturated heterocycles. The van der Waals surface area contributed by atoms with E-state index < -0.39 is 10.0 Å². The summed E-state index contributed by atoms with van der Waals surface area (Å²) in [4.78, 5) is 5.75. The average Bonchev–Trinajstić information content (AvgIpc) is 2.94. The van der Waals surface area contributed by atoms with Crippen LogP contribution in [0.1, 0.15) is 50.7 Å². The van der Waals surface area contributed by atoms with E-state index in [0.717, 1.165) is 24.3 Å². The van der Waals surface area contributed by atoms with Crippen molar-refractivity contribution in [2.24, 2.45) is 0 Å². The molecule has 4 aromatic rings. The van der Waals surface area contributed by atoms with Crippen molar-refractivity contribution >= 4 is 39.2 Å². The molecular weight excluding hydrogens is 481 g/mol. The normalized spacial score (nSPS) is 15.6. The highest BCUT2D eigenvalue weighted by Gasteiger charge is 2.44. The van der Waals surface area contributed by atoms with Crippen molar-refractivity contribution in [3.05, 3.63) is 96.1 Å². The summed E-state index contributed by atoms with van der Waals surface area (Å²) in [6.45, 7) is 4.64. The summed E-state index contributed by atoms with van der Waals surface area (Å²) < 4.78 is 6.48. The van der Waals surface area contributed by atoms with Gasteiger partial charge in [-0.05, 0) is 84.5 Å². The number of para-hydroxylation sites is 4. The van der Waals surface area contributed by atoms with E-state index in [1.807, 2.05) is 0 Å². The molecule has 4 aromatic carbocycles. The Bertz CT molecular complexity index is 1370. The molecule has 4 heteroatoms. The molecule has 0 amide bonds. The number of nitrogens with zero attached hydrogens (tertiary/aromatic N) is 1. The van der Waals surface area contributed by atoms with E-state index in [0.29, 0.717) is 0 Å². The zero-order valence-electron chi connectivity index (χ0n) is 23.2. The summed E-state index contributed by atoms with van der Waals surface area (Å²) in [6.07, 6.45) is 12.0. The summed E-state index contributed by atoms with van der Waals surface area (Å²) in [5.41, 5.74) is 8.31. The molecule has 2 nitrogen and oxygen atoms in total. The van der Waals surface area contributed by atoms with E-state index in [1.165, 1.54) is 68.9 Å². The molecule has 0 fully saturated rings. The van der Waals surface area contributed by atoms with Gasteiger partial charge in [-0.2, -0.15) is 10.0 Å². The van der Waals surface area contributed by atoms with Gasteiger partial charge in [-0.3, -0.25) is 0 Å². The zero-order valence-corrected chi connectivity index (χ0v) is 24.0. The van der Waals surface area contributed by atoms with Gasteiger partial charge >= 0.3 is 6.85 Å². The molecule has 194 valence electrons. The minimum absolute atomic E-state index is 0.0507. The molecule has 6 rings (SSSR count). The fourth-order valence-corrected chi connectivity index (χ4v) is 8.80. The second-order valence-electron chi connectivity index (χ2n) is 11.0. The fourth-order valence-electron chi connectivity index (χ4n) is 6.30. The molecule has 38 heavy (non-hydrogen) atoms. The molecule has 0 bridgehead atoms. The molecule has 0 aliphatic carbocycles. The minimum Gasteiger partial charge on any atom is -0.458 e. The number of anilines is 2. The van der Waals surface area contributed by atoms with Crippen LogP contribution in [0, 0.1) is 0 Å². The fraction of sp³-hybridized carbons (Fsp3) is 0.294.